The van der Waals surface area contributed by atoms with Crippen LogP contribution >= 0.6 is 15.6 Å². The number of ketones is 1. The van der Waals surface area contributed by atoms with Gasteiger partial charge in [-0.1, -0.05) is 134 Å². The van der Waals surface area contributed by atoms with Gasteiger partial charge in [0, 0.05) is 31.1 Å². The molecule has 0 aromatic rings. The number of aliphatic hydroxyl groups excluding tert-OH is 3. The summed E-state index contributed by atoms with van der Waals surface area (Å²) >= 11 is 0. The number of aliphatic hydroxyl groups is 3. The van der Waals surface area contributed by atoms with E-state index in [-0.39, 0.29) is 31.0 Å². The van der Waals surface area contributed by atoms with Gasteiger partial charge in [0.2, 0.25) is 0 Å². The number of phosphoric acid groups is 2. The zero-order chi connectivity index (χ0) is 47.5. The van der Waals surface area contributed by atoms with E-state index in [2.05, 4.69) is 35.0 Å². The highest BCUT2D eigenvalue weighted by atomic mass is 31.2. The first kappa shape index (κ1) is 59.9. The first-order chi connectivity index (χ1) is 30.6. The van der Waals surface area contributed by atoms with Crippen LogP contribution in [0.4, 0.5) is 0 Å². The normalized spacial score (nSPS) is 19.4. The summed E-state index contributed by atoms with van der Waals surface area (Å²) in [4.78, 5) is 65.6. The lowest BCUT2D eigenvalue weighted by Crippen LogP contribution is -2.30. The molecule has 0 aromatic heterocycles. The van der Waals surface area contributed by atoms with Crippen molar-refractivity contribution in [2.75, 3.05) is 26.4 Å². The van der Waals surface area contributed by atoms with Crippen molar-refractivity contribution in [2.24, 2.45) is 11.8 Å². The van der Waals surface area contributed by atoms with Gasteiger partial charge < -0.3 is 39.5 Å². The van der Waals surface area contributed by atoms with Gasteiger partial charge in [-0.2, -0.15) is 0 Å². The van der Waals surface area contributed by atoms with Crippen LogP contribution in [0.2, 0.25) is 0 Å². The summed E-state index contributed by atoms with van der Waals surface area (Å²) < 4.78 is 47.8. The minimum atomic E-state index is -4.90. The number of carbonyl (C=O) groups excluding carboxylic acids is 3. The second-order valence-corrected chi connectivity index (χ2v) is 19.5. The molecular weight excluding hydrogens is 870 g/mol. The van der Waals surface area contributed by atoms with E-state index in [1.165, 1.54) is 38.5 Å². The Hall–Kier alpha value is -2.07. The van der Waals surface area contributed by atoms with Gasteiger partial charge in [-0.15, -0.1) is 0 Å². The SMILES string of the molecule is CCCCCCCC/C=C\CCCCCCCCCC(=O)O[C@H](COC(=O)CCC/C=C\C[C@H]1C(=O)C[C@@H](O)[C@@H]1/C=C/[C@@H](O)CCCCC)COP(=O)(O)OC[C@@H](O)COP(=O)(O)O. The lowest BCUT2D eigenvalue weighted by molar-refractivity contribution is -0.161. The van der Waals surface area contributed by atoms with Crippen LogP contribution in [0.5, 0.6) is 0 Å². The number of hydrogen-bond acceptors (Lipinski definition) is 13. The quantitative estimate of drug-likeness (QED) is 0.0145. The highest BCUT2D eigenvalue weighted by Gasteiger charge is 2.39. The van der Waals surface area contributed by atoms with Crippen molar-refractivity contribution >= 4 is 33.4 Å². The van der Waals surface area contributed by atoms with Crippen molar-refractivity contribution in [2.45, 2.75) is 199 Å². The third kappa shape index (κ3) is 33.4. The van der Waals surface area contributed by atoms with Crippen LogP contribution in [0.15, 0.2) is 36.5 Å². The van der Waals surface area contributed by atoms with Crippen molar-refractivity contribution in [3.05, 3.63) is 36.5 Å². The van der Waals surface area contributed by atoms with Crippen molar-refractivity contribution in [1.29, 1.82) is 0 Å². The maximum Gasteiger partial charge on any atom is 0.472 e. The average molecular weight is 953 g/mol. The van der Waals surface area contributed by atoms with E-state index < -0.39 is 84.3 Å². The highest BCUT2D eigenvalue weighted by Crippen LogP contribution is 2.44. The van der Waals surface area contributed by atoms with Crippen LogP contribution in [-0.4, -0.2) is 98.6 Å². The molecule has 1 fully saturated rings. The van der Waals surface area contributed by atoms with Crippen molar-refractivity contribution in [1.82, 2.24) is 0 Å². The summed E-state index contributed by atoms with van der Waals surface area (Å²) in [7, 11) is -9.77. The number of unbranched alkanes of at least 4 members (excludes halogenated alkanes) is 16. The summed E-state index contributed by atoms with van der Waals surface area (Å²) in [6, 6.07) is 0. The van der Waals surface area contributed by atoms with Gasteiger partial charge in [0.15, 0.2) is 6.10 Å². The molecular formula is C46H82O16P2. The van der Waals surface area contributed by atoms with Gasteiger partial charge in [0.1, 0.15) is 18.5 Å². The summed E-state index contributed by atoms with van der Waals surface area (Å²) in [5, 5.41) is 30.5. The third-order valence-corrected chi connectivity index (χ3v) is 12.3. The average Bonchev–Trinajstić information content (AvgIpc) is 3.51. The van der Waals surface area contributed by atoms with Crippen LogP contribution in [0.25, 0.3) is 0 Å². The molecule has 0 heterocycles. The van der Waals surface area contributed by atoms with Gasteiger partial charge in [-0.3, -0.25) is 28.0 Å². The topological polar surface area (TPSA) is 253 Å². The molecule has 1 rings (SSSR count). The van der Waals surface area contributed by atoms with E-state index in [9.17, 15) is 43.7 Å². The van der Waals surface area contributed by atoms with Crippen LogP contribution in [-0.2, 0) is 46.6 Å². The molecule has 1 aliphatic rings. The maximum atomic E-state index is 12.7. The smallest absolute Gasteiger partial charge is 0.462 e. The first-order valence-electron chi connectivity index (χ1n) is 23.8. The van der Waals surface area contributed by atoms with Gasteiger partial charge >= 0.3 is 27.6 Å². The Kier molecular flexibility index (Phi) is 34.6. The zero-order valence-electron chi connectivity index (χ0n) is 38.6. The Balaban J connectivity index is 2.53. The van der Waals surface area contributed by atoms with Crippen molar-refractivity contribution in [3.8, 4) is 0 Å². The van der Waals surface area contributed by atoms with E-state index in [1.807, 2.05) is 12.2 Å². The van der Waals surface area contributed by atoms with Crippen LogP contribution in [0, 0.1) is 11.8 Å². The maximum absolute atomic E-state index is 12.7. The standard InChI is InChI=1S/C46H82O16P2/c1-3-5-7-8-9-10-11-12-13-14-15-16-17-18-19-20-26-30-46(52)62-40(37-61-64(56,57)60-35-39(48)34-59-63(53,54)55)36-58-45(51)29-25-22-21-24-28-41-42(44(50)33-43(41)49)32-31-38(47)27-23-6-4-2/h12-13,21,24,31-32,38-42,44,47-48,50H,3-11,14-20,22-23,25-30,33-37H2,1-2H3,(H,56,57)(H2,53,54,55)/b13-12-,24-21-,32-31+/t38-,39-,40+,41+,42+,44+/m0/s1. The number of hydrogen-bond donors (Lipinski definition) is 6. The van der Waals surface area contributed by atoms with Gasteiger partial charge in [0.25, 0.3) is 0 Å². The second kappa shape index (κ2) is 37.0. The number of ether oxygens (including phenoxy) is 2. The molecule has 0 spiro atoms. The van der Waals surface area contributed by atoms with E-state index in [4.69, 9.17) is 23.8 Å². The minimum Gasteiger partial charge on any atom is -0.462 e. The lowest BCUT2D eigenvalue weighted by Gasteiger charge is -2.20. The molecule has 1 saturated carbocycles. The Morgan fingerprint density at radius 1 is 0.672 bits per heavy atom. The molecule has 18 heteroatoms. The predicted octanol–water partition coefficient (Wildman–Crippen LogP) is 9.04. The zero-order valence-corrected chi connectivity index (χ0v) is 40.4. The molecule has 1 unspecified atom stereocenters. The summed E-state index contributed by atoms with van der Waals surface area (Å²) in [5.41, 5.74) is 0. The number of rotatable bonds is 41. The molecule has 0 radical (unpaired) electrons. The summed E-state index contributed by atoms with van der Waals surface area (Å²) in [6.45, 7) is 1.36. The molecule has 1 aliphatic carbocycles. The first-order valence-corrected chi connectivity index (χ1v) is 26.8. The molecule has 0 bridgehead atoms. The molecule has 372 valence electrons. The Labute approximate surface area is 382 Å². The number of Topliss-reactive ketones (excluding diaryl/α,β-unsaturated/α-hetero) is 1. The predicted molar refractivity (Wildman–Crippen MR) is 245 cm³/mol. The largest absolute Gasteiger partial charge is 0.472 e. The molecule has 0 amide bonds. The monoisotopic (exact) mass is 953 g/mol. The van der Waals surface area contributed by atoms with Crippen LogP contribution in [0.3, 0.4) is 0 Å². The molecule has 0 saturated heterocycles. The van der Waals surface area contributed by atoms with Gasteiger partial charge in [-0.25, -0.2) is 9.13 Å². The third-order valence-electron chi connectivity index (χ3n) is 10.9. The minimum absolute atomic E-state index is 0.000346. The van der Waals surface area contributed by atoms with E-state index in [1.54, 1.807) is 12.2 Å². The van der Waals surface area contributed by atoms with Crippen molar-refractivity contribution in [3.63, 3.8) is 0 Å². The van der Waals surface area contributed by atoms with Gasteiger partial charge in [0.05, 0.1) is 32.0 Å². The molecule has 7 atom stereocenters. The summed E-state index contributed by atoms with van der Waals surface area (Å²) in [5.74, 6) is -2.06. The Morgan fingerprint density at radius 3 is 1.84 bits per heavy atom. The van der Waals surface area contributed by atoms with Crippen LogP contribution in [0.1, 0.15) is 174 Å². The number of esters is 2. The fourth-order valence-corrected chi connectivity index (χ4v) is 8.30. The molecule has 6 N–H and O–H groups in total. The number of carbonyl (C=O) groups is 3. The van der Waals surface area contributed by atoms with E-state index >= 15 is 0 Å². The molecule has 16 nitrogen and oxygen atoms in total. The van der Waals surface area contributed by atoms with E-state index in [0.29, 0.717) is 32.1 Å². The number of allylic oxidation sites excluding steroid dienone is 4. The van der Waals surface area contributed by atoms with Crippen molar-refractivity contribution < 1.29 is 76.6 Å². The molecule has 0 aromatic carbocycles. The van der Waals surface area contributed by atoms with Crippen LogP contribution < -0.4 is 0 Å². The molecule has 64 heavy (non-hydrogen) atoms. The summed E-state index contributed by atoms with van der Waals surface area (Å²) in [6.07, 6.45) is 29.2. The molecule has 0 aliphatic heterocycles. The second-order valence-electron chi connectivity index (χ2n) is 16.8. The Morgan fingerprint density at radius 2 is 1.20 bits per heavy atom. The fourth-order valence-electron chi connectivity index (χ4n) is 7.15. The lowest BCUT2D eigenvalue weighted by atomic mass is 9.90. The number of phosphoric ester groups is 2. The van der Waals surface area contributed by atoms with E-state index in [0.717, 1.165) is 70.6 Å². The fraction of sp³-hybridized carbons (Fsp3) is 0.804. The highest BCUT2D eigenvalue weighted by molar-refractivity contribution is 7.47. The van der Waals surface area contributed by atoms with Gasteiger partial charge in [-0.05, 0) is 57.8 Å². The Bertz CT molecular complexity index is 1430.